The van der Waals surface area contributed by atoms with Crippen molar-refractivity contribution in [3.8, 4) is 5.75 Å². The minimum atomic E-state index is -0.951. The highest BCUT2D eigenvalue weighted by Gasteiger charge is 2.14. The summed E-state index contributed by atoms with van der Waals surface area (Å²) in [5.41, 5.74) is 1.61. The van der Waals surface area contributed by atoms with E-state index in [-0.39, 0.29) is 5.12 Å². The Balaban J connectivity index is 2.18. The first-order valence-corrected chi connectivity index (χ1v) is 7.10. The fraction of sp³-hybridized carbons (Fsp3) is 0.188. The van der Waals surface area contributed by atoms with Crippen LogP contribution < -0.4 is 4.74 Å². The Bertz CT molecular complexity index is 591. The number of para-hydroxylation sites is 1. The van der Waals surface area contributed by atoms with Crippen molar-refractivity contribution < 1.29 is 14.6 Å². The fourth-order valence-corrected chi connectivity index (χ4v) is 2.45. The van der Waals surface area contributed by atoms with Gasteiger partial charge in [-0.25, -0.2) is 0 Å². The Morgan fingerprint density at radius 2 is 1.80 bits per heavy atom. The molecule has 4 heteroatoms. The highest BCUT2D eigenvalue weighted by atomic mass is 32.2. The molecule has 2 aromatic carbocycles. The summed E-state index contributed by atoms with van der Waals surface area (Å²) in [6.07, 6.45) is -0.951. The van der Waals surface area contributed by atoms with E-state index in [9.17, 15) is 9.90 Å². The fourth-order valence-electron chi connectivity index (χ4n) is 1.69. The molecule has 0 aliphatic rings. The first-order valence-electron chi connectivity index (χ1n) is 6.29. The molecule has 104 valence electrons. The predicted octanol–water partition coefficient (Wildman–Crippen LogP) is 3.64. The second-order valence-corrected chi connectivity index (χ2v) is 5.46. The minimum Gasteiger partial charge on any atom is -0.465 e. The van der Waals surface area contributed by atoms with Crippen molar-refractivity contribution in [2.45, 2.75) is 25.0 Å². The Morgan fingerprint density at radius 1 is 1.15 bits per heavy atom. The van der Waals surface area contributed by atoms with Crippen molar-refractivity contribution in [1.29, 1.82) is 0 Å². The van der Waals surface area contributed by atoms with Crippen LogP contribution >= 0.6 is 11.8 Å². The van der Waals surface area contributed by atoms with E-state index >= 15 is 0 Å². The molecule has 0 aliphatic heterocycles. The molecule has 3 nitrogen and oxygen atoms in total. The lowest BCUT2D eigenvalue weighted by molar-refractivity contribution is -0.000663. The average molecular weight is 288 g/mol. The zero-order chi connectivity index (χ0) is 14.5. The number of hydrogen-bond donors (Lipinski definition) is 1. The molecular formula is C16H16O3S. The number of aliphatic hydroxyl groups excluding tert-OH is 1. The number of rotatable bonds is 4. The van der Waals surface area contributed by atoms with Gasteiger partial charge in [0.25, 0.3) is 0 Å². The molecule has 0 spiro atoms. The van der Waals surface area contributed by atoms with Crippen LogP contribution in [0.5, 0.6) is 5.75 Å². The van der Waals surface area contributed by atoms with Crippen LogP contribution in [0.4, 0.5) is 0 Å². The molecule has 1 unspecified atom stereocenters. The van der Waals surface area contributed by atoms with E-state index in [2.05, 4.69) is 0 Å². The third kappa shape index (κ3) is 3.85. The van der Waals surface area contributed by atoms with E-state index in [4.69, 9.17) is 4.74 Å². The van der Waals surface area contributed by atoms with Gasteiger partial charge in [-0.15, -0.1) is 0 Å². The number of carbonyl (C=O) groups is 1. The number of carbonyl (C=O) groups excluding carboxylic acids is 1. The molecule has 1 atom stereocenters. The number of hydrogen-bond acceptors (Lipinski definition) is 4. The quantitative estimate of drug-likeness (QED) is 0.689. The lowest BCUT2D eigenvalue weighted by Crippen LogP contribution is -2.12. The predicted molar refractivity (Wildman–Crippen MR) is 80.1 cm³/mol. The van der Waals surface area contributed by atoms with E-state index in [0.717, 1.165) is 22.2 Å². The Kier molecular flexibility index (Phi) is 4.82. The summed E-state index contributed by atoms with van der Waals surface area (Å²) in [7, 11) is 0. The summed E-state index contributed by atoms with van der Waals surface area (Å²) in [5.74, 6) is 0.395. The molecule has 0 heterocycles. The van der Waals surface area contributed by atoms with Crippen LogP contribution in [-0.2, 0) is 0 Å². The number of aliphatic hydroxyl groups is 1. The second kappa shape index (κ2) is 6.59. The summed E-state index contributed by atoms with van der Waals surface area (Å²) >= 11 is 1.15. The van der Waals surface area contributed by atoms with Crippen LogP contribution in [0.1, 0.15) is 22.8 Å². The van der Waals surface area contributed by atoms with Gasteiger partial charge in [-0.05, 0) is 49.9 Å². The first kappa shape index (κ1) is 14.6. The number of thioether (sulfide) groups is 1. The number of aryl methyl sites for hydroxylation is 1. The minimum absolute atomic E-state index is 0.106. The van der Waals surface area contributed by atoms with Gasteiger partial charge in [-0.2, -0.15) is 0 Å². The molecule has 0 fully saturated rings. The van der Waals surface area contributed by atoms with E-state index in [0.29, 0.717) is 11.3 Å². The van der Waals surface area contributed by atoms with E-state index in [1.807, 2.05) is 31.2 Å². The largest absolute Gasteiger partial charge is 0.465 e. The second-order valence-electron chi connectivity index (χ2n) is 4.42. The Morgan fingerprint density at radius 3 is 2.45 bits per heavy atom. The van der Waals surface area contributed by atoms with Crippen LogP contribution in [0.3, 0.4) is 0 Å². The van der Waals surface area contributed by atoms with E-state index in [1.54, 1.807) is 24.3 Å². The van der Waals surface area contributed by atoms with Crippen molar-refractivity contribution in [3.05, 3.63) is 59.7 Å². The highest BCUT2D eigenvalue weighted by molar-refractivity contribution is 8.14. The summed E-state index contributed by atoms with van der Waals surface area (Å²) in [5, 5.41) is 9.19. The summed E-state index contributed by atoms with van der Waals surface area (Å²) in [6.45, 7) is 3.51. The van der Waals surface area contributed by atoms with E-state index in [1.165, 1.54) is 6.92 Å². The van der Waals surface area contributed by atoms with Gasteiger partial charge in [-0.1, -0.05) is 29.8 Å². The van der Waals surface area contributed by atoms with Crippen molar-refractivity contribution in [3.63, 3.8) is 0 Å². The summed E-state index contributed by atoms with van der Waals surface area (Å²) in [4.78, 5) is 13.2. The molecule has 0 saturated heterocycles. The zero-order valence-corrected chi connectivity index (χ0v) is 12.2. The van der Waals surface area contributed by atoms with Gasteiger partial charge in [0.15, 0.2) is 6.29 Å². The van der Waals surface area contributed by atoms with Gasteiger partial charge in [0.1, 0.15) is 5.75 Å². The molecule has 0 aromatic heterocycles. The molecule has 0 bridgehead atoms. The lowest BCUT2D eigenvalue weighted by atomic mass is 10.2. The van der Waals surface area contributed by atoms with Crippen LogP contribution in [-0.4, -0.2) is 16.5 Å². The molecule has 20 heavy (non-hydrogen) atoms. The normalized spacial score (nSPS) is 11.9. The molecule has 0 amide bonds. The van der Waals surface area contributed by atoms with Crippen LogP contribution in [0.15, 0.2) is 53.4 Å². The van der Waals surface area contributed by atoms with Crippen molar-refractivity contribution >= 4 is 16.9 Å². The SMILES string of the molecule is Cc1ccc(SC(=O)c2ccccc2OC(C)O)cc1. The zero-order valence-electron chi connectivity index (χ0n) is 11.4. The van der Waals surface area contributed by atoms with Crippen molar-refractivity contribution in [2.24, 2.45) is 0 Å². The third-order valence-corrected chi connectivity index (χ3v) is 3.55. The van der Waals surface area contributed by atoms with Gasteiger partial charge >= 0.3 is 0 Å². The Labute approximate surface area is 122 Å². The molecule has 1 N–H and O–H groups in total. The molecular weight excluding hydrogens is 272 g/mol. The molecule has 2 rings (SSSR count). The first-order chi connectivity index (χ1) is 9.56. The third-order valence-electron chi connectivity index (χ3n) is 2.64. The monoisotopic (exact) mass is 288 g/mol. The highest BCUT2D eigenvalue weighted by Crippen LogP contribution is 2.28. The molecule has 2 aromatic rings. The van der Waals surface area contributed by atoms with Crippen molar-refractivity contribution in [1.82, 2.24) is 0 Å². The maximum absolute atomic E-state index is 12.3. The van der Waals surface area contributed by atoms with Gasteiger partial charge in [0.2, 0.25) is 5.12 Å². The summed E-state index contributed by atoms with van der Waals surface area (Å²) < 4.78 is 5.24. The van der Waals surface area contributed by atoms with E-state index < -0.39 is 6.29 Å². The smallest absolute Gasteiger partial charge is 0.227 e. The molecule has 0 aliphatic carbocycles. The molecule has 0 radical (unpaired) electrons. The van der Waals surface area contributed by atoms with Gasteiger partial charge < -0.3 is 9.84 Å². The van der Waals surface area contributed by atoms with Crippen LogP contribution in [0.25, 0.3) is 0 Å². The standard InChI is InChI=1S/C16H16O3S/c1-11-7-9-13(10-8-11)20-16(18)14-5-3-4-6-15(14)19-12(2)17/h3-10,12,17H,1-2H3. The maximum atomic E-state index is 12.3. The van der Waals surface area contributed by atoms with Crippen molar-refractivity contribution in [2.75, 3.05) is 0 Å². The lowest BCUT2D eigenvalue weighted by Gasteiger charge is -2.12. The van der Waals surface area contributed by atoms with Gasteiger partial charge in [0.05, 0.1) is 5.56 Å². The van der Waals surface area contributed by atoms with Gasteiger partial charge in [-0.3, -0.25) is 4.79 Å². The van der Waals surface area contributed by atoms with Crippen LogP contribution in [0.2, 0.25) is 0 Å². The number of benzene rings is 2. The average Bonchev–Trinajstić information content (AvgIpc) is 2.41. The van der Waals surface area contributed by atoms with Crippen LogP contribution in [0, 0.1) is 6.92 Å². The van der Waals surface area contributed by atoms with Gasteiger partial charge in [0, 0.05) is 4.90 Å². The number of ether oxygens (including phenoxy) is 1. The topological polar surface area (TPSA) is 46.5 Å². The Hall–Kier alpha value is -1.78. The maximum Gasteiger partial charge on any atom is 0.227 e. The molecule has 0 saturated carbocycles. The summed E-state index contributed by atoms with van der Waals surface area (Å²) in [6, 6.07) is 14.7.